The van der Waals surface area contributed by atoms with Crippen LogP contribution in [-0.2, 0) is 6.42 Å². The maximum absolute atomic E-state index is 12.4. The molecule has 0 saturated carbocycles. The predicted molar refractivity (Wildman–Crippen MR) is 82.5 cm³/mol. The van der Waals surface area contributed by atoms with Crippen LogP contribution in [0.4, 0.5) is 0 Å². The Morgan fingerprint density at radius 3 is 2.77 bits per heavy atom. The molecule has 1 aliphatic heterocycles. The van der Waals surface area contributed by atoms with Crippen LogP contribution in [0.2, 0.25) is 0 Å². The lowest BCUT2D eigenvalue weighted by Crippen LogP contribution is -2.32. The van der Waals surface area contributed by atoms with Gasteiger partial charge in [-0.2, -0.15) is 5.26 Å². The van der Waals surface area contributed by atoms with Crippen LogP contribution in [0.25, 0.3) is 0 Å². The molecule has 0 radical (unpaired) electrons. The highest BCUT2D eigenvalue weighted by Crippen LogP contribution is 2.31. The van der Waals surface area contributed by atoms with Gasteiger partial charge in [0, 0.05) is 17.5 Å². The zero-order chi connectivity index (χ0) is 15.4. The molecule has 0 aromatic heterocycles. The number of hydrogen-bond donors (Lipinski definition) is 1. The maximum Gasteiger partial charge on any atom is 0.251 e. The number of para-hydroxylation sites is 1. The highest BCUT2D eigenvalue weighted by molar-refractivity contribution is 5.94. The molecule has 1 atom stereocenters. The third kappa shape index (κ3) is 2.94. The smallest absolute Gasteiger partial charge is 0.251 e. The predicted octanol–water partition coefficient (Wildman–Crippen LogP) is 3.01. The Labute approximate surface area is 129 Å². The number of nitriles is 1. The molecular formula is C18H16N2O2. The second-order valence-electron chi connectivity index (χ2n) is 5.23. The number of carbonyl (C=O) groups is 1. The van der Waals surface area contributed by atoms with Crippen LogP contribution in [0.5, 0.6) is 5.75 Å². The van der Waals surface area contributed by atoms with Crippen LogP contribution in [0.1, 0.15) is 33.9 Å². The van der Waals surface area contributed by atoms with E-state index in [4.69, 9.17) is 10.00 Å². The summed E-state index contributed by atoms with van der Waals surface area (Å²) in [6.45, 7) is 0.600. The average Bonchev–Trinajstić information content (AvgIpc) is 2.56. The third-order valence-electron chi connectivity index (χ3n) is 3.76. The first-order valence-electron chi connectivity index (χ1n) is 7.26. The first-order chi connectivity index (χ1) is 10.8. The average molecular weight is 292 g/mol. The Balaban J connectivity index is 1.74. The van der Waals surface area contributed by atoms with E-state index in [2.05, 4.69) is 11.4 Å². The van der Waals surface area contributed by atoms with Crippen molar-refractivity contribution in [2.75, 3.05) is 6.61 Å². The molecule has 0 saturated heterocycles. The van der Waals surface area contributed by atoms with Gasteiger partial charge in [0.25, 0.3) is 5.91 Å². The zero-order valence-corrected chi connectivity index (χ0v) is 12.1. The molecule has 4 heteroatoms. The van der Waals surface area contributed by atoms with E-state index in [0.717, 1.165) is 23.3 Å². The highest BCUT2D eigenvalue weighted by Gasteiger charge is 2.22. The van der Waals surface area contributed by atoms with Gasteiger partial charge >= 0.3 is 0 Å². The van der Waals surface area contributed by atoms with Gasteiger partial charge in [-0.05, 0) is 23.8 Å². The fourth-order valence-corrected chi connectivity index (χ4v) is 2.60. The largest absolute Gasteiger partial charge is 0.493 e. The Kier molecular flexibility index (Phi) is 4.06. The standard InChI is InChI=1S/C18H16N2O2/c19-11-9-13-5-7-14(8-6-13)18(21)20-16-10-12-22-17-4-2-1-3-15(16)17/h1-8,16H,9-10,12H2,(H,20,21). The van der Waals surface area contributed by atoms with E-state index >= 15 is 0 Å². The number of benzene rings is 2. The molecule has 0 fully saturated rings. The van der Waals surface area contributed by atoms with E-state index in [-0.39, 0.29) is 11.9 Å². The summed E-state index contributed by atoms with van der Waals surface area (Å²) < 4.78 is 5.60. The Hall–Kier alpha value is -2.80. The van der Waals surface area contributed by atoms with Gasteiger partial charge in [-0.3, -0.25) is 4.79 Å². The van der Waals surface area contributed by atoms with Crippen molar-refractivity contribution < 1.29 is 9.53 Å². The van der Waals surface area contributed by atoms with Crippen molar-refractivity contribution in [3.63, 3.8) is 0 Å². The molecule has 1 amide bonds. The number of amides is 1. The Morgan fingerprint density at radius 1 is 1.23 bits per heavy atom. The SMILES string of the molecule is N#CCc1ccc(C(=O)NC2CCOc3ccccc32)cc1. The molecule has 2 aromatic carbocycles. The van der Waals surface area contributed by atoms with Crippen molar-refractivity contribution in [2.45, 2.75) is 18.9 Å². The van der Waals surface area contributed by atoms with E-state index in [1.165, 1.54) is 0 Å². The molecule has 2 aromatic rings. The molecular weight excluding hydrogens is 276 g/mol. The van der Waals surface area contributed by atoms with Crippen LogP contribution >= 0.6 is 0 Å². The van der Waals surface area contributed by atoms with Gasteiger partial charge in [-0.25, -0.2) is 0 Å². The lowest BCUT2D eigenvalue weighted by Gasteiger charge is -2.26. The minimum Gasteiger partial charge on any atom is -0.493 e. The van der Waals surface area contributed by atoms with Crippen LogP contribution in [0, 0.1) is 11.3 Å². The number of rotatable bonds is 3. The van der Waals surface area contributed by atoms with Crippen molar-refractivity contribution in [1.82, 2.24) is 5.32 Å². The number of ether oxygens (including phenoxy) is 1. The summed E-state index contributed by atoms with van der Waals surface area (Å²) in [4.78, 5) is 12.4. The van der Waals surface area contributed by atoms with Crippen LogP contribution in [-0.4, -0.2) is 12.5 Å². The van der Waals surface area contributed by atoms with Gasteiger partial charge in [-0.15, -0.1) is 0 Å². The molecule has 3 rings (SSSR count). The first-order valence-corrected chi connectivity index (χ1v) is 7.26. The van der Waals surface area contributed by atoms with Gasteiger partial charge in [0.1, 0.15) is 5.75 Å². The van der Waals surface area contributed by atoms with E-state index in [0.29, 0.717) is 18.6 Å². The van der Waals surface area contributed by atoms with Gasteiger partial charge < -0.3 is 10.1 Å². The van der Waals surface area contributed by atoms with Gasteiger partial charge in [0.2, 0.25) is 0 Å². The van der Waals surface area contributed by atoms with Crippen LogP contribution in [0.15, 0.2) is 48.5 Å². The van der Waals surface area contributed by atoms with Crippen molar-refractivity contribution in [3.8, 4) is 11.8 Å². The Morgan fingerprint density at radius 2 is 2.00 bits per heavy atom. The highest BCUT2D eigenvalue weighted by atomic mass is 16.5. The lowest BCUT2D eigenvalue weighted by atomic mass is 10.00. The molecule has 22 heavy (non-hydrogen) atoms. The van der Waals surface area contributed by atoms with E-state index in [1.807, 2.05) is 36.4 Å². The van der Waals surface area contributed by atoms with Crippen molar-refractivity contribution in [3.05, 3.63) is 65.2 Å². The summed E-state index contributed by atoms with van der Waals surface area (Å²) in [6.07, 6.45) is 1.12. The summed E-state index contributed by atoms with van der Waals surface area (Å²) in [5, 5.41) is 11.7. The minimum absolute atomic E-state index is 0.0313. The monoisotopic (exact) mass is 292 g/mol. The fourth-order valence-electron chi connectivity index (χ4n) is 2.60. The summed E-state index contributed by atoms with van der Waals surface area (Å²) in [5.74, 6) is 0.730. The van der Waals surface area contributed by atoms with E-state index in [9.17, 15) is 4.79 Å². The number of carbonyl (C=O) groups excluding carboxylic acids is 1. The van der Waals surface area contributed by atoms with Crippen molar-refractivity contribution in [1.29, 1.82) is 5.26 Å². The van der Waals surface area contributed by atoms with Crippen LogP contribution < -0.4 is 10.1 Å². The summed E-state index contributed by atoms with van der Waals surface area (Å²) in [6, 6.07) is 17.0. The van der Waals surface area contributed by atoms with Crippen molar-refractivity contribution in [2.24, 2.45) is 0 Å². The first kappa shape index (κ1) is 14.2. The van der Waals surface area contributed by atoms with Gasteiger partial charge in [0.05, 0.1) is 25.1 Å². The summed E-state index contributed by atoms with van der Waals surface area (Å²) in [5.41, 5.74) is 2.53. The topological polar surface area (TPSA) is 62.1 Å². The molecule has 0 aliphatic carbocycles. The minimum atomic E-state index is -0.106. The molecule has 1 N–H and O–H groups in total. The lowest BCUT2D eigenvalue weighted by molar-refractivity contribution is 0.0925. The second kappa shape index (κ2) is 6.31. The number of nitrogens with one attached hydrogen (secondary N) is 1. The van der Waals surface area contributed by atoms with Crippen molar-refractivity contribution >= 4 is 5.91 Å². The second-order valence-corrected chi connectivity index (χ2v) is 5.23. The quantitative estimate of drug-likeness (QED) is 0.946. The summed E-state index contributed by atoms with van der Waals surface area (Å²) in [7, 11) is 0. The molecule has 0 spiro atoms. The normalized spacial score (nSPS) is 16.0. The van der Waals surface area contributed by atoms with Gasteiger partial charge in [-0.1, -0.05) is 30.3 Å². The third-order valence-corrected chi connectivity index (χ3v) is 3.76. The zero-order valence-electron chi connectivity index (χ0n) is 12.1. The van der Waals surface area contributed by atoms with Gasteiger partial charge in [0.15, 0.2) is 0 Å². The molecule has 1 unspecified atom stereocenters. The maximum atomic E-state index is 12.4. The van der Waals surface area contributed by atoms with Crippen LogP contribution in [0.3, 0.4) is 0 Å². The Bertz CT molecular complexity index is 717. The molecule has 1 aliphatic rings. The molecule has 1 heterocycles. The molecule has 0 bridgehead atoms. The van der Waals surface area contributed by atoms with E-state index in [1.54, 1.807) is 12.1 Å². The number of hydrogen-bond acceptors (Lipinski definition) is 3. The molecule has 4 nitrogen and oxygen atoms in total. The number of nitrogens with zero attached hydrogens (tertiary/aromatic N) is 1. The van der Waals surface area contributed by atoms with E-state index < -0.39 is 0 Å². The fraction of sp³-hybridized carbons (Fsp3) is 0.222. The summed E-state index contributed by atoms with van der Waals surface area (Å²) >= 11 is 0. The molecule has 110 valence electrons. The number of fused-ring (bicyclic) bond motifs is 1.